The minimum atomic E-state index is 0.420. The SMILES string of the molecule is COc1cc(C(C)C)c(Br)cc1-c1cnn(C)c1N. The Morgan fingerprint density at radius 2 is 2.00 bits per heavy atom. The maximum absolute atomic E-state index is 6.04. The summed E-state index contributed by atoms with van der Waals surface area (Å²) in [7, 11) is 3.49. The summed E-state index contributed by atoms with van der Waals surface area (Å²) in [5.41, 5.74) is 9.08. The number of hydrogen-bond acceptors (Lipinski definition) is 3. The van der Waals surface area contributed by atoms with Crippen molar-refractivity contribution in [1.29, 1.82) is 0 Å². The average Bonchev–Trinajstić information content (AvgIpc) is 2.69. The molecule has 1 heterocycles. The highest BCUT2D eigenvalue weighted by molar-refractivity contribution is 9.10. The Morgan fingerprint density at radius 1 is 1.32 bits per heavy atom. The number of methoxy groups -OCH3 is 1. The Labute approximate surface area is 121 Å². The first-order chi connectivity index (χ1) is 8.95. The lowest BCUT2D eigenvalue weighted by molar-refractivity contribution is 0.415. The normalized spacial score (nSPS) is 11.1. The second-order valence-corrected chi connectivity index (χ2v) is 5.65. The van der Waals surface area contributed by atoms with Gasteiger partial charge in [0.2, 0.25) is 0 Å². The molecule has 0 radical (unpaired) electrons. The van der Waals surface area contributed by atoms with E-state index >= 15 is 0 Å². The number of hydrogen-bond donors (Lipinski definition) is 1. The van der Waals surface area contributed by atoms with Gasteiger partial charge in [-0.2, -0.15) is 5.10 Å². The summed E-state index contributed by atoms with van der Waals surface area (Å²) in [6, 6.07) is 4.10. The number of ether oxygens (including phenoxy) is 1. The van der Waals surface area contributed by atoms with Crippen LogP contribution in [0.1, 0.15) is 25.3 Å². The van der Waals surface area contributed by atoms with Crippen LogP contribution < -0.4 is 10.5 Å². The zero-order valence-corrected chi connectivity index (χ0v) is 13.2. The number of nitrogen functional groups attached to an aromatic ring is 1. The molecule has 0 fully saturated rings. The molecule has 2 N–H and O–H groups in total. The van der Waals surface area contributed by atoms with Crippen LogP contribution in [0.3, 0.4) is 0 Å². The van der Waals surface area contributed by atoms with E-state index in [0.29, 0.717) is 11.7 Å². The van der Waals surface area contributed by atoms with Crippen molar-refractivity contribution in [2.75, 3.05) is 12.8 Å². The summed E-state index contributed by atoms with van der Waals surface area (Å²) in [4.78, 5) is 0. The molecule has 4 nitrogen and oxygen atoms in total. The Hall–Kier alpha value is -1.49. The van der Waals surface area contributed by atoms with Crippen LogP contribution >= 0.6 is 15.9 Å². The van der Waals surface area contributed by atoms with E-state index in [1.165, 1.54) is 5.56 Å². The summed E-state index contributed by atoms with van der Waals surface area (Å²) in [6.45, 7) is 4.30. The molecule has 0 unspecified atom stereocenters. The van der Waals surface area contributed by atoms with Gasteiger partial charge in [0.1, 0.15) is 11.6 Å². The number of nitrogens with two attached hydrogens (primary N) is 1. The third-order valence-corrected chi connectivity index (χ3v) is 3.90. The highest BCUT2D eigenvalue weighted by atomic mass is 79.9. The third-order valence-electron chi connectivity index (χ3n) is 3.22. The number of anilines is 1. The summed E-state index contributed by atoms with van der Waals surface area (Å²) < 4.78 is 8.21. The maximum Gasteiger partial charge on any atom is 0.129 e. The van der Waals surface area contributed by atoms with Crippen LogP contribution in [0.25, 0.3) is 11.1 Å². The van der Waals surface area contributed by atoms with Crippen molar-refractivity contribution in [2.24, 2.45) is 7.05 Å². The Morgan fingerprint density at radius 3 is 2.47 bits per heavy atom. The molecule has 2 aromatic rings. The van der Waals surface area contributed by atoms with Crippen LogP contribution in [-0.2, 0) is 7.05 Å². The van der Waals surface area contributed by atoms with E-state index in [2.05, 4.69) is 40.9 Å². The molecule has 1 aromatic heterocycles. The lowest BCUT2D eigenvalue weighted by Gasteiger charge is -2.14. The van der Waals surface area contributed by atoms with E-state index < -0.39 is 0 Å². The fourth-order valence-electron chi connectivity index (χ4n) is 2.05. The largest absolute Gasteiger partial charge is 0.496 e. The molecule has 0 aliphatic rings. The molecular formula is C14H18BrN3O. The van der Waals surface area contributed by atoms with Crippen LogP contribution in [0.2, 0.25) is 0 Å². The summed E-state index contributed by atoms with van der Waals surface area (Å²) in [6.07, 6.45) is 1.76. The van der Waals surface area contributed by atoms with Crippen LogP contribution in [0.5, 0.6) is 5.75 Å². The van der Waals surface area contributed by atoms with E-state index in [-0.39, 0.29) is 0 Å². The van der Waals surface area contributed by atoms with Gasteiger partial charge in [-0.15, -0.1) is 0 Å². The smallest absolute Gasteiger partial charge is 0.129 e. The van der Waals surface area contributed by atoms with Crippen LogP contribution in [0.4, 0.5) is 5.82 Å². The van der Waals surface area contributed by atoms with Crippen LogP contribution in [0.15, 0.2) is 22.8 Å². The lowest BCUT2D eigenvalue weighted by atomic mass is 9.98. The zero-order chi connectivity index (χ0) is 14.2. The quantitative estimate of drug-likeness (QED) is 0.939. The summed E-state index contributed by atoms with van der Waals surface area (Å²) in [5.74, 6) is 1.86. The van der Waals surface area contributed by atoms with E-state index in [1.54, 1.807) is 18.0 Å². The van der Waals surface area contributed by atoms with Gasteiger partial charge in [-0.25, -0.2) is 0 Å². The molecule has 0 aliphatic heterocycles. The van der Waals surface area contributed by atoms with E-state index in [4.69, 9.17) is 10.5 Å². The number of rotatable bonds is 3. The molecule has 0 bridgehead atoms. The number of halogens is 1. The number of benzene rings is 1. The molecular weight excluding hydrogens is 306 g/mol. The standard InChI is InChI=1S/C14H18BrN3O/c1-8(2)9-6-13(19-4)10(5-12(9)15)11-7-17-18(3)14(11)16/h5-8H,16H2,1-4H3. The van der Waals surface area contributed by atoms with Crippen molar-refractivity contribution in [1.82, 2.24) is 9.78 Å². The second-order valence-electron chi connectivity index (χ2n) is 4.80. The molecule has 0 aliphatic carbocycles. The Balaban J connectivity index is 2.64. The van der Waals surface area contributed by atoms with Crippen molar-refractivity contribution in [3.63, 3.8) is 0 Å². The van der Waals surface area contributed by atoms with Gasteiger partial charge in [-0.3, -0.25) is 4.68 Å². The monoisotopic (exact) mass is 323 g/mol. The van der Waals surface area contributed by atoms with Crippen LogP contribution in [0, 0.1) is 0 Å². The molecule has 5 heteroatoms. The predicted octanol–water partition coefficient (Wildman–Crippen LogP) is 3.56. The van der Waals surface area contributed by atoms with Crippen molar-refractivity contribution >= 4 is 21.7 Å². The highest BCUT2D eigenvalue weighted by Gasteiger charge is 2.16. The molecule has 19 heavy (non-hydrogen) atoms. The predicted molar refractivity (Wildman–Crippen MR) is 81.4 cm³/mol. The molecule has 2 rings (SSSR count). The summed E-state index contributed by atoms with van der Waals surface area (Å²) in [5, 5.41) is 4.18. The minimum Gasteiger partial charge on any atom is -0.496 e. The molecule has 0 saturated heterocycles. The number of aromatic nitrogens is 2. The highest BCUT2D eigenvalue weighted by Crippen LogP contribution is 2.39. The van der Waals surface area contributed by atoms with E-state index in [1.807, 2.05) is 13.1 Å². The number of nitrogens with zero attached hydrogens (tertiary/aromatic N) is 2. The van der Waals surface area contributed by atoms with Crippen LogP contribution in [-0.4, -0.2) is 16.9 Å². The van der Waals surface area contributed by atoms with E-state index in [9.17, 15) is 0 Å². The lowest BCUT2D eigenvalue weighted by Crippen LogP contribution is -1.99. The average molecular weight is 324 g/mol. The van der Waals surface area contributed by atoms with Crippen molar-refractivity contribution < 1.29 is 4.74 Å². The molecule has 0 amide bonds. The molecule has 1 aromatic carbocycles. The molecule has 0 atom stereocenters. The van der Waals surface area contributed by atoms with Gasteiger partial charge in [-0.05, 0) is 23.6 Å². The van der Waals surface area contributed by atoms with Gasteiger partial charge in [-0.1, -0.05) is 29.8 Å². The first-order valence-corrected chi connectivity index (χ1v) is 6.90. The van der Waals surface area contributed by atoms with Gasteiger partial charge in [0.15, 0.2) is 0 Å². The fraction of sp³-hybridized carbons (Fsp3) is 0.357. The van der Waals surface area contributed by atoms with Gasteiger partial charge >= 0.3 is 0 Å². The zero-order valence-electron chi connectivity index (χ0n) is 11.6. The topological polar surface area (TPSA) is 53.1 Å². The van der Waals surface area contributed by atoms with E-state index in [0.717, 1.165) is 21.3 Å². The summed E-state index contributed by atoms with van der Waals surface area (Å²) >= 11 is 3.62. The third kappa shape index (κ3) is 2.47. The first kappa shape index (κ1) is 13.9. The van der Waals surface area contributed by atoms with Gasteiger partial charge < -0.3 is 10.5 Å². The second kappa shape index (κ2) is 5.25. The Kier molecular flexibility index (Phi) is 3.85. The minimum absolute atomic E-state index is 0.420. The molecule has 0 saturated carbocycles. The maximum atomic E-state index is 6.04. The Bertz CT molecular complexity index is 605. The van der Waals surface area contributed by atoms with Gasteiger partial charge in [0.05, 0.1) is 13.3 Å². The van der Waals surface area contributed by atoms with Crippen molar-refractivity contribution in [3.05, 3.63) is 28.4 Å². The van der Waals surface area contributed by atoms with Crippen molar-refractivity contribution in [2.45, 2.75) is 19.8 Å². The fourth-order valence-corrected chi connectivity index (χ4v) is 2.85. The van der Waals surface area contributed by atoms with Gasteiger partial charge in [0.25, 0.3) is 0 Å². The van der Waals surface area contributed by atoms with Gasteiger partial charge in [0, 0.05) is 22.6 Å². The molecule has 102 valence electrons. The number of aryl methyl sites for hydroxylation is 1. The molecule has 0 spiro atoms. The van der Waals surface area contributed by atoms with Crippen molar-refractivity contribution in [3.8, 4) is 16.9 Å². The first-order valence-electron chi connectivity index (χ1n) is 6.11.